The summed E-state index contributed by atoms with van der Waals surface area (Å²) in [5, 5.41) is 20.6. The van der Waals surface area contributed by atoms with E-state index in [1.165, 1.54) is 5.56 Å². The summed E-state index contributed by atoms with van der Waals surface area (Å²) >= 11 is 0. The molecule has 2 heterocycles. The van der Waals surface area contributed by atoms with Gasteiger partial charge in [0.05, 0.1) is 18.4 Å². The van der Waals surface area contributed by atoms with E-state index in [0.29, 0.717) is 26.2 Å². The van der Waals surface area contributed by atoms with Crippen LogP contribution >= 0.6 is 0 Å². The summed E-state index contributed by atoms with van der Waals surface area (Å²) in [4.78, 5) is 6.58. The lowest BCUT2D eigenvalue weighted by molar-refractivity contribution is -0.0843. The molecule has 2 N–H and O–H groups in total. The molecule has 1 saturated heterocycles. The highest BCUT2D eigenvalue weighted by atomic mass is 16.5. The van der Waals surface area contributed by atoms with Gasteiger partial charge in [-0.05, 0) is 49.1 Å². The van der Waals surface area contributed by atoms with Crippen LogP contribution in [-0.4, -0.2) is 59.6 Å². The van der Waals surface area contributed by atoms with Crippen molar-refractivity contribution in [3.05, 3.63) is 59.9 Å². The molecule has 1 aromatic heterocycles. The molecule has 2 atom stereocenters. The Morgan fingerprint density at radius 3 is 2.72 bits per heavy atom. The van der Waals surface area contributed by atoms with Crippen molar-refractivity contribution in [1.29, 1.82) is 0 Å². The molecule has 1 aromatic carbocycles. The maximum atomic E-state index is 10.5. The normalized spacial score (nSPS) is 22.5. The molecule has 6 heteroatoms. The quantitative estimate of drug-likeness (QED) is 0.597. The van der Waals surface area contributed by atoms with Gasteiger partial charge in [-0.25, -0.2) is 0 Å². The average Bonchev–Trinajstić information content (AvgIpc) is 2.76. The third kappa shape index (κ3) is 6.00. The number of aliphatic hydroxyl groups excluding tert-OH is 2. The van der Waals surface area contributed by atoms with Gasteiger partial charge in [0, 0.05) is 45.0 Å². The Morgan fingerprint density at radius 2 is 2.03 bits per heavy atom. The van der Waals surface area contributed by atoms with Gasteiger partial charge in [-0.1, -0.05) is 18.2 Å². The van der Waals surface area contributed by atoms with Crippen LogP contribution in [0.2, 0.25) is 0 Å². The van der Waals surface area contributed by atoms with Gasteiger partial charge < -0.3 is 19.7 Å². The summed E-state index contributed by atoms with van der Waals surface area (Å²) in [7, 11) is 1.68. The van der Waals surface area contributed by atoms with Crippen LogP contribution in [0.3, 0.4) is 0 Å². The first-order valence-electron chi connectivity index (χ1n) is 10.3. The molecule has 0 saturated carbocycles. The van der Waals surface area contributed by atoms with E-state index in [9.17, 15) is 10.2 Å². The second-order valence-electron chi connectivity index (χ2n) is 7.89. The number of nitrogens with zero attached hydrogens (tertiary/aromatic N) is 2. The van der Waals surface area contributed by atoms with Crippen molar-refractivity contribution in [3.8, 4) is 5.75 Å². The van der Waals surface area contributed by atoms with Crippen molar-refractivity contribution >= 4 is 0 Å². The largest absolute Gasteiger partial charge is 0.487 e. The van der Waals surface area contributed by atoms with Gasteiger partial charge in [0.1, 0.15) is 12.4 Å². The number of pyridine rings is 1. The molecule has 1 fully saturated rings. The minimum Gasteiger partial charge on any atom is -0.487 e. The Kier molecular flexibility index (Phi) is 8.00. The van der Waals surface area contributed by atoms with Gasteiger partial charge in [0.15, 0.2) is 0 Å². The second kappa shape index (κ2) is 10.7. The summed E-state index contributed by atoms with van der Waals surface area (Å²) in [6, 6.07) is 13.9. The lowest BCUT2D eigenvalue weighted by Crippen LogP contribution is -2.53. The van der Waals surface area contributed by atoms with Crippen LogP contribution in [0.15, 0.2) is 48.7 Å². The molecule has 0 radical (unpaired) electrons. The zero-order valence-electron chi connectivity index (χ0n) is 17.2. The molecule has 2 aromatic rings. The van der Waals surface area contributed by atoms with Gasteiger partial charge >= 0.3 is 0 Å². The SMILES string of the molecule is COCCC[C@@]1(CO)CN(Cc2ccc(OCc3ccccn3)cc2)CC[C@H]1O. The van der Waals surface area contributed by atoms with Gasteiger partial charge in [0.25, 0.3) is 0 Å². The molecule has 29 heavy (non-hydrogen) atoms. The van der Waals surface area contributed by atoms with Crippen molar-refractivity contribution < 1.29 is 19.7 Å². The van der Waals surface area contributed by atoms with Crippen LogP contribution in [0.5, 0.6) is 5.75 Å². The number of ether oxygens (including phenoxy) is 2. The fourth-order valence-corrected chi connectivity index (χ4v) is 4.01. The van der Waals surface area contributed by atoms with E-state index >= 15 is 0 Å². The van der Waals surface area contributed by atoms with Crippen molar-refractivity contribution in [1.82, 2.24) is 9.88 Å². The second-order valence-corrected chi connectivity index (χ2v) is 7.89. The van der Waals surface area contributed by atoms with E-state index < -0.39 is 11.5 Å². The third-order valence-electron chi connectivity index (χ3n) is 5.74. The van der Waals surface area contributed by atoms with E-state index in [-0.39, 0.29) is 6.61 Å². The zero-order chi connectivity index (χ0) is 20.5. The summed E-state index contributed by atoms with van der Waals surface area (Å²) < 4.78 is 10.9. The van der Waals surface area contributed by atoms with Crippen molar-refractivity contribution in [2.24, 2.45) is 5.41 Å². The lowest BCUT2D eigenvalue weighted by Gasteiger charge is -2.45. The average molecular weight is 401 g/mol. The molecule has 0 spiro atoms. The fourth-order valence-electron chi connectivity index (χ4n) is 4.01. The number of hydrogen-bond acceptors (Lipinski definition) is 6. The number of rotatable bonds is 10. The van der Waals surface area contributed by atoms with Gasteiger partial charge in [-0.15, -0.1) is 0 Å². The molecule has 1 aliphatic rings. The predicted molar refractivity (Wildman–Crippen MR) is 112 cm³/mol. The number of hydrogen-bond donors (Lipinski definition) is 2. The number of aromatic nitrogens is 1. The van der Waals surface area contributed by atoms with Crippen molar-refractivity contribution in [2.45, 2.75) is 38.5 Å². The minimum absolute atomic E-state index is 0.00528. The molecule has 3 rings (SSSR count). The Bertz CT molecular complexity index is 725. The Morgan fingerprint density at radius 1 is 1.21 bits per heavy atom. The van der Waals surface area contributed by atoms with E-state index in [1.807, 2.05) is 30.3 Å². The first-order valence-corrected chi connectivity index (χ1v) is 10.3. The first kappa shape index (κ1) is 21.7. The summed E-state index contributed by atoms with van der Waals surface area (Å²) in [6.07, 6.45) is 3.57. The molecule has 6 nitrogen and oxygen atoms in total. The number of benzene rings is 1. The maximum Gasteiger partial charge on any atom is 0.130 e. The monoisotopic (exact) mass is 400 g/mol. The fraction of sp³-hybridized carbons (Fsp3) is 0.522. The van der Waals surface area contributed by atoms with E-state index in [0.717, 1.165) is 37.4 Å². The third-order valence-corrected chi connectivity index (χ3v) is 5.74. The van der Waals surface area contributed by atoms with E-state index in [4.69, 9.17) is 9.47 Å². The van der Waals surface area contributed by atoms with Crippen LogP contribution < -0.4 is 4.74 Å². The maximum absolute atomic E-state index is 10.5. The molecule has 1 aliphatic heterocycles. The molecular formula is C23H32N2O4. The standard InChI is InChI=1S/C23H32N2O4/c1-28-14-4-11-23(18-26)17-25(13-10-22(23)27)15-19-6-8-21(9-7-19)29-16-20-5-2-3-12-24-20/h2-3,5-9,12,22,26-27H,4,10-11,13-18H2,1H3/t22-,23+/m1/s1. The highest BCUT2D eigenvalue weighted by Crippen LogP contribution is 2.35. The van der Waals surface area contributed by atoms with Crippen LogP contribution in [0.25, 0.3) is 0 Å². The lowest BCUT2D eigenvalue weighted by atomic mass is 9.74. The molecule has 158 valence electrons. The smallest absolute Gasteiger partial charge is 0.130 e. The summed E-state index contributed by atoms with van der Waals surface area (Å²) in [6.45, 7) is 3.39. The van der Waals surface area contributed by atoms with E-state index in [2.05, 4.69) is 22.0 Å². The van der Waals surface area contributed by atoms with Gasteiger partial charge in [-0.3, -0.25) is 9.88 Å². The number of methoxy groups -OCH3 is 1. The highest BCUT2D eigenvalue weighted by molar-refractivity contribution is 5.27. The Labute approximate surface area is 173 Å². The van der Waals surface area contributed by atoms with Crippen LogP contribution in [0, 0.1) is 5.41 Å². The predicted octanol–water partition coefficient (Wildman–Crippen LogP) is 2.63. The van der Waals surface area contributed by atoms with E-state index in [1.54, 1.807) is 13.3 Å². The number of piperidine rings is 1. The topological polar surface area (TPSA) is 75.1 Å². The molecule has 0 bridgehead atoms. The molecule has 0 aliphatic carbocycles. The zero-order valence-corrected chi connectivity index (χ0v) is 17.2. The first-order chi connectivity index (χ1) is 14.1. The minimum atomic E-state index is -0.470. The van der Waals surface area contributed by atoms with Crippen molar-refractivity contribution in [2.75, 3.05) is 33.4 Å². The Balaban J connectivity index is 1.55. The molecular weight excluding hydrogens is 368 g/mol. The number of aliphatic hydroxyl groups is 2. The summed E-state index contributed by atoms with van der Waals surface area (Å²) in [5.41, 5.74) is 1.62. The van der Waals surface area contributed by atoms with Gasteiger partial charge in [-0.2, -0.15) is 0 Å². The van der Waals surface area contributed by atoms with Gasteiger partial charge in [0.2, 0.25) is 0 Å². The summed E-state index contributed by atoms with van der Waals surface area (Å²) in [5.74, 6) is 0.817. The highest BCUT2D eigenvalue weighted by Gasteiger charge is 2.41. The molecule has 0 unspecified atom stereocenters. The number of likely N-dealkylation sites (tertiary alicyclic amines) is 1. The Hall–Kier alpha value is -1.99. The van der Waals surface area contributed by atoms with Crippen LogP contribution in [0.1, 0.15) is 30.5 Å². The van der Waals surface area contributed by atoms with Crippen molar-refractivity contribution in [3.63, 3.8) is 0 Å². The van der Waals surface area contributed by atoms with Crippen LogP contribution in [0.4, 0.5) is 0 Å². The van der Waals surface area contributed by atoms with Crippen LogP contribution in [-0.2, 0) is 17.9 Å². The molecule has 0 amide bonds.